The smallest absolute Gasteiger partial charge is 0.248 e. The average Bonchev–Trinajstić information content (AvgIpc) is 2.34. The van der Waals surface area contributed by atoms with E-state index < -0.39 is 5.60 Å². The van der Waals surface area contributed by atoms with Crippen molar-refractivity contribution in [1.82, 2.24) is 4.90 Å². The molecule has 0 saturated carbocycles. The van der Waals surface area contributed by atoms with Gasteiger partial charge < -0.3 is 14.7 Å². The highest BCUT2D eigenvalue weighted by Crippen LogP contribution is 2.12. The van der Waals surface area contributed by atoms with E-state index in [-0.39, 0.29) is 24.7 Å². The molecule has 1 aromatic carbocycles. The SMILES string of the molecule is CC(C)(O)CN(Cc1ccccc1)C(=O)COC(C)(C)C. The molecule has 1 rings (SSSR count). The first-order chi connectivity index (χ1) is 9.57. The van der Waals surface area contributed by atoms with Gasteiger partial charge in [-0.1, -0.05) is 30.3 Å². The van der Waals surface area contributed by atoms with E-state index in [0.717, 1.165) is 5.56 Å². The van der Waals surface area contributed by atoms with Gasteiger partial charge in [-0.05, 0) is 40.2 Å². The van der Waals surface area contributed by atoms with Crippen molar-refractivity contribution in [2.45, 2.75) is 52.4 Å². The minimum absolute atomic E-state index is 0.0203. The lowest BCUT2D eigenvalue weighted by atomic mass is 10.1. The van der Waals surface area contributed by atoms with Gasteiger partial charge in [0.25, 0.3) is 0 Å². The van der Waals surface area contributed by atoms with Crippen molar-refractivity contribution in [3.05, 3.63) is 35.9 Å². The Morgan fingerprint density at radius 3 is 2.19 bits per heavy atom. The quantitative estimate of drug-likeness (QED) is 0.877. The van der Waals surface area contributed by atoms with Gasteiger partial charge in [-0.15, -0.1) is 0 Å². The van der Waals surface area contributed by atoms with Crippen LogP contribution in [0.25, 0.3) is 0 Å². The maximum absolute atomic E-state index is 12.4. The maximum atomic E-state index is 12.4. The fourth-order valence-electron chi connectivity index (χ4n) is 1.87. The highest BCUT2D eigenvalue weighted by molar-refractivity contribution is 5.77. The molecule has 1 N–H and O–H groups in total. The van der Waals surface area contributed by atoms with E-state index in [1.807, 2.05) is 51.1 Å². The minimum Gasteiger partial charge on any atom is -0.389 e. The first kappa shape index (κ1) is 17.7. The van der Waals surface area contributed by atoms with Gasteiger partial charge in [0.05, 0.1) is 11.2 Å². The van der Waals surface area contributed by atoms with Crippen molar-refractivity contribution in [3.63, 3.8) is 0 Å². The predicted octanol–water partition coefficient (Wildman–Crippen LogP) is 2.60. The first-order valence-electron chi connectivity index (χ1n) is 7.25. The lowest BCUT2D eigenvalue weighted by Crippen LogP contribution is -2.44. The molecule has 118 valence electrons. The third kappa shape index (κ3) is 7.83. The lowest BCUT2D eigenvalue weighted by Gasteiger charge is -2.30. The minimum atomic E-state index is -0.938. The van der Waals surface area contributed by atoms with Crippen LogP contribution < -0.4 is 0 Å². The zero-order chi connectivity index (χ0) is 16.1. The van der Waals surface area contributed by atoms with E-state index in [4.69, 9.17) is 4.74 Å². The lowest BCUT2D eigenvalue weighted by molar-refractivity contribution is -0.144. The van der Waals surface area contributed by atoms with Crippen LogP contribution in [0.3, 0.4) is 0 Å². The standard InChI is InChI=1S/C17H27NO3/c1-16(2,3)21-12-15(19)18(13-17(4,5)20)11-14-9-7-6-8-10-14/h6-10,20H,11-13H2,1-5H3. The van der Waals surface area contributed by atoms with Gasteiger partial charge in [-0.25, -0.2) is 0 Å². The molecule has 0 aromatic heterocycles. The number of ether oxygens (including phenoxy) is 1. The number of rotatable bonds is 6. The van der Waals surface area contributed by atoms with Crippen LogP contribution in [0.5, 0.6) is 0 Å². The summed E-state index contributed by atoms with van der Waals surface area (Å²) in [7, 11) is 0. The second kappa shape index (κ2) is 7.05. The molecule has 0 fully saturated rings. The molecule has 1 amide bonds. The number of carbonyl (C=O) groups excluding carboxylic acids is 1. The van der Waals surface area contributed by atoms with Crippen molar-refractivity contribution in [2.75, 3.05) is 13.2 Å². The Hall–Kier alpha value is -1.39. The number of carbonyl (C=O) groups is 1. The van der Waals surface area contributed by atoms with E-state index >= 15 is 0 Å². The highest BCUT2D eigenvalue weighted by Gasteiger charge is 2.24. The van der Waals surface area contributed by atoms with Crippen molar-refractivity contribution < 1.29 is 14.6 Å². The van der Waals surface area contributed by atoms with Crippen LogP contribution in [-0.2, 0) is 16.1 Å². The van der Waals surface area contributed by atoms with E-state index in [1.165, 1.54) is 0 Å². The fraction of sp³-hybridized carbons (Fsp3) is 0.588. The topological polar surface area (TPSA) is 49.8 Å². The summed E-state index contributed by atoms with van der Waals surface area (Å²) in [4.78, 5) is 14.0. The highest BCUT2D eigenvalue weighted by atomic mass is 16.5. The zero-order valence-corrected chi connectivity index (χ0v) is 13.7. The number of hydrogen-bond acceptors (Lipinski definition) is 3. The maximum Gasteiger partial charge on any atom is 0.248 e. The van der Waals surface area contributed by atoms with Crippen LogP contribution in [-0.4, -0.2) is 40.3 Å². The van der Waals surface area contributed by atoms with Gasteiger partial charge >= 0.3 is 0 Å². The van der Waals surface area contributed by atoms with Crippen LogP contribution >= 0.6 is 0 Å². The van der Waals surface area contributed by atoms with E-state index in [0.29, 0.717) is 6.54 Å². The number of amides is 1. The molecular weight excluding hydrogens is 266 g/mol. The molecule has 4 nitrogen and oxygen atoms in total. The van der Waals surface area contributed by atoms with Crippen molar-refractivity contribution in [3.8, 4) is 0 Å². The Labute approximate surface area is 127 Å². The van der Waals surface area contributed by atoms with E-state index in [2.05, 4.69) is 0 Å². The average molecular weight is 293 g/mol. The summed E-state index contributed by atoms with van der Waals surface area (Å²) >= 11 is 0. The molecule has 0 bridgehead atoms. The first-order valence-corrected chi connectivity index (χ1v) is 7.25. The molecule has 0 aliphatic rings. The van der Waals surface area contributed by atoms with E-state index in [9.17, 15) is 9.90 Å². The van der Waals surface area contributed by atoms with E-state index in [1.54, 1.807) is 18.7 Å². The molecular formula is C17H27NO3. The predicted molar refractivity (Wildman–Crippen MR) is 83.9 cm³/mol. The van der Waals surface area contributed by atoms with Gasteiger partial charge in [-0.2, -0.15) is 0 Å². The summed E-state index contributed by atoms with van der Waals surface area (Å²) in [6.07, 6.45) is 0. The Bertz CT molecular complexity index is 443. The summed E-state index contributed by atoms with van der Waals surface area (Å²) in [6.45, 7) is 9.90. The van der Waals surface area contributed by atoms with Crippen LogP contribution in [0, 0.1) is 0 Å². The van der Waals surface area contributed by atoms with Gasteiger partial charge in [0.1, 0.15) is 6.61 Å². The van der Waals surface area contributed by atoms with Gasteiger partial charge in [-0.3, -0.25) is 4.79 Å². The van der Waals surface area contributed by atoms with Crippen molar-refractivity contribution in [1.29, 1.82) is 0 Å². The van der Waals surface area contributed by atoms with Crippen molar-refractivity contribution in [2.24, 2.45) is 0 Å². The summed E-state index contributed by atoms with van der Waals surface area (Å²) in [5.41, 5.74) is -0.263. The van der Waals surface area contributed by atoms with Crippen LogP contribution in [0.4, 0.5) is 0 Å². The monoisotopic (exact) mass is 293 g/mol. The summed E-state index contributed by atoms with van der Waals surface area (Å²) in [5, 5.41) is 10.0. The van der Waals surface area contributed by atoms with Crippen LogP contribution in [0.1, 0.15) is 40.2 Å². The molecule has 1 aromatic rings. The van der Waals surface area contributed by atoms with Gasteiger partial charge in [0.15, 0.2) is 0 Å². The van der Waals surface area contributed by atoms with Crippen molar-refractivity contribution >= 4 is 5.91 Å². The number of hydrogen-bond donors (Lipinski definition) is 1. The second-order valence-electron chi connectivity index (χ2n) is 6.95. The third-order valence-electron chi connectivity index (χ3n) is 2.78. The molecule has 0 unspecified atom stereocenters. The molecule has 0 spiro atoms. The molecule has 21 heavy (non-hydrogen) atoms. The number of aliphatic hydroxyl groups is 1. The van der Waals surface area contributed by atoms with Crippen LogP contribution in [0.15, 0.2) is 30.3 Å². The molecule has 4 heteroatoms. The summed E-state index contributed by atoms with van der Waals surface area (Å²) in [5.74, 6) is -0.115. The Morgan fingerprint density at radius 2 is 1.71 bits per heavy atom. The largest absolute Gasteiger partial charge is 0.389 e. The second-order valence-corrected chi connectivity index (χ2v) is 6.95. The molecule has 0 saturated heterocycles. The molecule has 0 heterocycles. The zero-order valence-electron chi connectivity index (χ0n) is 13.7. The van der Waals surface area contributed by atoms with Gasteiger partial charge in [0.2, 0.25) is 5.91 Å². The fourth-order valence-corrected chi connectivity index (χ4v) is 1.87. The van der Waals surface area contributed by atoms with Crippen LogP contribution in [0.2, 0.25) is 0 Å². The summed E-state index contributed by atoms with van der Waals surface area (Å²) in [6, 6.07) is 9.75. The molecule has 0 aliphatic heterocycles. The Morgan fingerprint density at radius 1 is 1.14 bits per heavy atom. The summed E-state index contributed by atoms with van der Waals surface area (Å²) < 4.78 is 5.55. The third-order valence-corrected chi connectivity index (χ3v) is 2.78. The molecule has 0 aliphatic carbocycles. The Kier molecular flexibility index (Phi) is 5.93. The number of benzene rings is 1. The Balaban J connectivity index is 2.74. The molecule has 0 atom stereocenters. The molecule has 0 radical (unpaired) electrons. The van der Waals surface area contributed by atoms with Gasteiger partial charge in [0, 0.05) is 13.1 Å². The number of nitrogens with zero attached hydrogens (tertiary/aromatic N) is 1. The normalized spacial score (nSPS) is 12.3.